The molecule has 0 atom stereocenters. The smallest absolute Gasteiger partial charge is 0.496 e. The standard InChI is InChI=1S/C20H16F6N4O2/c1-27-18-29-15(11-4-3-5-13(8-11)32-20(24,25)26)10-17(30-18)28-12-6-7-16(31-2)14(9-12)19(21,22)23/h3-10H,1-2H3,(H2,27,28,29,30). The lowest BCUT2D eigenvalue weighted by Gasteiger charge is -2.15. The van der Waals surface area contributed by atoms with Crippen LogP contribution in [0.4, 0.5) is 43.8 Å². The van der Waals surface area contributed by atoms with Crippen LogP contribution in [0, 0.1) is 0 Å². The summed E-state index contributed by atoms with van der Waals surface area (Å²) >= 11 is 0. The van der Waals surface area contributed by atoms with Gasteiger partial charge in [0.2, 0.25) is 5.95 Å². The molecule has 0 aliphatic carbocycles. The van der Waals surface area contributed by atoms with Crippen LogP contribution in [-0.4, -0.2) is 30.5 Å². The van der Waals surface area contributed by atoms with E-state index in [-0.39, 0.29) is 34.5 Å². The molecule has 2 aromatic carbocycles. The van der Waals surface area contributed by atoms with E-state index in [0.29, 0.717) is 0 Å². The summed E-state index contributed by atoms with van der Waals surface area (Å²) in [6, 6.07) is 9.88. The predicted octanol–water partition coefficient (Wildman–Crippen LogP) is 5.85. The summed E-state index contributed by atoms with van der Waals surface area (Å²) in [7, 11) is 2.64. The summed E-state index contributed by atoms with van der Waals surface area (Å²) < 4.78 is 86.1. The topological polar surface area (TPSA) is 68.3 Å². The Balaban J connectivity index is 1.97. The number of hydrogen-bond donors (Lipinski definition) is 2. The van der Waals surface area contributed by atoms with Gasteiger partial charge in [-0.1, -0.05) is 12.1 Å². The first kappa shape index (κ1) is 23.0. The molecule has 0 saturated carbocycles. The number of benzene rings is 2. The first-order chi connectivity index (χ1) is 15.0. The Hall–Kier alpha value is -3.70. The summed E-state index contributed by atoms with van der Waals surface area (Å²) in [4.78, 5) is 8.32. The van der Waals surface area contributed by atoms with Crippen molar-refractivity contribution in [2.45, 2.75) is 12.5 Å². The van der Waals surface area contributed by atoms with Gasteiger partial charge in [-0.2, -0.15) is 18.2 Å². The number of hydrogen-bond acceptors (Lipinski definition) is 6. The number of rotatable bonds is 6. The molecule has 0 unspecified atom stereocenters. The van der Waals surface area contributed by atoms with Crippen molar-refractivity contribution in [3.8, 4) is 22.8 Å². The highest BCUT2D eigenvalue weighted by atomic mass is 19.4. The number of anilines is 3. The number of nitrogens with one attached hydrogen (secondary N) is 2. The van der Waals surface area contributed by atoms with Crippen LogP contribution in [0.3, 0.4) is 0 Å². The lowest BCUT2D eigenvalue weighted by Crippen LogP contribution is -2.17. The molecular weight excluding hydrogens is 442 g/mol. The molecule has 2 N–H and O–H groups in total. The monoisotopic (exact) mass is 458 g/mol. The van der Waals surface area contributed by atoms with Gasteiger partial charge in [0.1, 0.15) is 17.3 Å². The molecule has 0 aliphatic heterocycles. The van der Waals surface area contributed by atoms with E-state index in [0.717, 1.165) is 31.4 Å². The van der Waals surface area contributed by atoms with Crippen molar-refractivity contribution in [2.24, 2.45) is 0 Å². The molecule has 1 aromatic heterocycles. The Bertz CT molecular complexity index is 1100. The van der Waals surface area contributed by atoms with Crippen LogP contribution in [-0.2, 0) is 6.18 Å². The average molecular weight is 458 g/mol. The fourth-order valence-electron chi connectivity index (χ4n) is 2.78. The van der Waals surface area contributed by atoms with Gasteiger partial charge in [0.25, 0.3) is 0 Å². The molecule has 6 nitrogen and oxygen atoms in total. The second-order valence-corrected chi connectivity index (χ2v) is 6.33. The average Bonchev–Trinajstić information content (AvgIpc) is 2.71. The van der Waals surface area contributed by atoms with Crippen molar-refractivity contribution >= 4 is 17.5 Å². The van der Waals surface area contributed by atoms with Crippen molar-refractivity contribution in [1.29, 1.82) is 0 Å². The van der Waals surface area contributed by atoms with Crippen LogP contribution in [0.2, 0.25) is 0 Å². The minimum atomic E-state index is -4.86. The fourth-order valence-corrected chi connectivity index (χ4v) is 2.78. The fraction of sp³-hybridized carbons (Fsp3) is 0.200. The zero-order valence-corrected chi connectivity index (χ0v) is 16.6. The summed E-state index contributed by atoms with van der Waals surface area (Å²) in [6.45, 7) is 0. The Morgan fingerprint density at radius 3 is 2.28 bits per heavy atom. The molecular formula is C20H16F6N4O2. The molecule has 0 saturated heterocycles. The molecule has 12 heteroatoms. The van der Waals surface area contributed by atoms with Crippen molar-refractivity contribution in [1.82, 2.24) is 9.97 Å². The molecule has 0 aliphatic rings. The summed E-state index contributed by atoms with van der Waals surface area (Å²) in [6.07, 6.45) is -9.51. The van der Waals surface area contributed by atoms with E-state index in [9.17, 15) is 26.3 Å². The van der Waals surface area contributed by atoms with Gasteiger partial charge in [0.05, 0.1) is 18.4 Å². The third kappa shape index (κ3) is 5.71. The highest BCUT2D eigenvalue weighted by Gasteiger charge is 2.34. The van der Waals surface area contributed by atoms with Gasteiger partial charge in [-0.25, -0.2) is 4.98 Å². The number of halogens is 6. The molecule has 32 heavy (non-hydrogen) atoms. The van der Waals surface area contributed by atoms with Crippen molar-refractivity contribution in [2.75, 3.05) is 24.8 Å². The second-order valence-electron chi connectivity index (χ2n) is 6.33. The molecule has 0 amide bonds. The van der Waals surface area contributed by atoms with Crippen molar-refractivity contribution in [3.63, 3.8) is 0 Å². The zero-order valence-electron chi connectivity index (χ0n) is 16.6. The largest absolute Gasteiger partial charge is 0.573 e. The summed E-state index contributed by atoms with van der Waals surface area (Å²) in [5, 5.41) is 5.44. The molecule has 3 rings (SSSR count). The van der Waals surface area contributed by atoms with Gasteiger partial charge < -0.3 is 20.1 Å². The number of methoxy groups -OCH3 is 1. The van der Waals surface area contributed by atoms with Crippen LogP contribution >= 0.6 is 0 Å². The molecule has 0 spiro atoms. The summed E-state index contributed by atoms with van der Waals surface area (Å²) in [5.41, 5.74) is -0.424. The van der Waals surface area contributed by atoms with Gasteiger partial charge >= 0.3 is 12.5 Å². The van der Waals surface area contributed by atoms with E-state index in [1.54, 1.807) is 0 Å². The minimum absolute atomic E-state index is 0.0685. The Morgan fingerprint density at radius 2 is 1.66 bits per heavy atom. The Kier molecular flexibility index (Phi) is 6.32. The third-order valence-electron chi connectivity index (χ3n) is 4.09. The van der Waals surface area contributed by atoms with Crippen LogP contribution in [0.5, 0.6) is 11.5 Å². The highest BCUT2D eigenvalue weighted by molar-refractivity contribution is 5.69. The highest BCUT2D eigenvalue weighted by Crippen LogP contribution is 2.38. The predicted molar refractivity (Wildman–Crippen MR) is 105 cm³/mol. The SMILES string of the molecule is CNc1nc(Nc2ccc(OC)c(C(F)(F)F)c2)cc(-c2cccc(OC(F)(F)F)c2)n1. The maximum Gasteiger partial charge on any atom is 0.573 e. The maximum atomic E-state index is 13.3. The Labute approximate surface area is 178 Å². The van der Waals surface area contributed by atoms with Gasteiger partial charge in [0.15, 0.2) is 0 Å². The number of alkyl halides is 6. The van der Waals surface area contributed by atoms with Crippen LogP contribution in [0.1, 0.15) is 5.56 Å². The van der Waals surface area contributed by atoms with Gasteiger partial charge in [-0.3, -0.25) is 0 Å². The van der Waals surface area contributed by atoms with E-state index in [1.165, 1.54) is 31.3 Å². The zero-order chi connectivity index (χ0) is 23.5. The van der Waals surface area contributed by atoms with E-state index in [2.05, 4.69) is 25.3 Å². The molecule has 0 fully saturated rings. The summed E-state index contributed by atoms with van der Waals surface area (Å²) in [5.74, 6) is -0.584. The van der Waals surface area contributed by atoms with Crippen LogP contribution in [0.25, 0.3) is 11.3 Å². The van der Waals surface area contributed by atoms with E-state index >= 15 is 0 Å². The van der Waals surface area contributed by atoms with Gasteiger partial charge in [-0.05, 0) is 30.3 Å². The number of nitrogens with zero attached hydrogens (tertiary/aromatic N) is 2. The van der Waals surface area contributed by atoms with Crippen LogP contribution < -0.4 is 20.1 Å². The molecule has 0 radical (unpaired) electrons. The molecule has 1 heterocycles. The normalized spacial score (nSPS) is 11.8. The third-order valence-corrected chi connectivity index (χ3v) is 4.09. The molecule has 0 bridgehead atoms. The quantitative estimate of drug-likeness (QED) is 0.452. The minimum Gasteiger partial charge on any atom is -0.496 e. The van der Waals surface area contributed by atoms with E-state index in [4.69, 9.17) is 4.74 Å². The van der Waals surface area contributed by atoms with Gasteiger partial charge in [-0.15, -0.1) is 13.2 Å². The lowest BCUT2D eigenvalue weighted by molar-refractivity contribution is -0.274. The number of ether oxygens (including phenoxy) is 2. The van der Waals surface area contributed by atoms with Gasteiger partial charge in [0, 0.05) is 24.4 Å². The first-order valence-electron chi connectivity index (χ1n) is 8.94. The van der Waals surface area contributed by atoms with Crippen molar-refractivity contribution < 1.29 is 35.8 Å². The van der Waals surface area contributed by atoms with Crippen LogP contribution in [0.15, 0.2) is 48.5 Å². The lowest BCUT2D eigenvalue weighted by atomic mass is 10.1. The van der Waals surface area contributed by atoms with Crippen molar-refractivity contribution in [3.05, 3.63) is 54.1 Å². The first-order valence-corrected chi connectivity index (χ1v) is 8.94. The molecule has 170 valence electrons. The Morgan fingerprint density at radius 1 is 0.906 bits per heavy atom. The second kappa shape index (κ2) is 8.81. The van der Waals surface area contributed by atoms with E-state index < -0.39 is 23.9 Å². The number of aromatic nitrogens is 2. The van der Waals surface area contributed by atoms with E-state index in [1.807, 2.05) is 0 Å². The molecule has 3 aromatic rings. The maximum absolute atomic E-state index is 13.3.